The normalized spacial score (nSPS) is 24.0. The van der Waals surface area contributed by atoms with Gasteiger partial charge in [-0.3, -0.25) is 0 Å². The number of benzene rings is 1. The molecule has 100 valence electrons. The van der Waals surface area contributed by atoms with Crippen molar-refractivity contribution in [3.05, 3.63) is 29.6 Å². The Labute approximate surface area is 108 Å². The molecule has 1 fully saturated rings. The average Bonchev–Trinajstić information content (AvgIpc) is 2.71. The Morgan fingerprint density at radius 3 is 2.67 bits per heavy atom. The van der Waals surface area contributed by atoms with Crippen LogP contribution in [0.5, 0.6) is 0 Å². The fourth-order valence-electron chi connectivity index (χ4n) is 2.81. The number of likely N-dealkylation sites (N-methyl/N-ethyl adjacent to an activating group) is 1. The van der Waals surface area contributed by atoms with Gasteiger partial charge in [0.25, 0.3) is 0 Å². The number of hydrogen-bond acceptors (Lipinski definition) is 3. The highest BCUT2D eigenvalue weighted by Crippen LogP contribution is 2.29. The largest absolute Gasteiger partial charge is 0.392 e. The minimum Gasteiger partial charge on any atom is -0.392 e. The zero-order valence-electron chi connectivity index (χ0n) is 11.2. The van der Waals surface area contributed by atoms with Crippen LogP contribution in [0.3, 0.4) is 0 Å². The summed E-state index contributed by atoms with van der Waals surface area (Å²) in [5.74, 6) is 0.274. The molecule has 1 aromatic rings. The van der Waals surface area contributed by atoms with Crippen LogP contribution in [0.2, 0.25) is 0 Å². The molecule has 1 aliphatic rings. The maximum atomic E-state index is 13.2. The van der Waals surface area contributed by atoms with E-state index in [1.165, 1.54) is 12.1 Å². The number of anilines is 1. The van der Waals surface area contributed by atoms with Crippen molar-refractivity contribution in [1.29, 1.82) is 0 Å². The zero-order valence-corrected chi connectivity index (χ0v) is 11.2. The summed E-state index contributed by atoms with van der Waals surface area (Å²) in [6, 6.07) is 5.15. The van der Waals surface area contributed by atoms with Crippen molar-refractivity contribution in [1.82, 2.24) is 4.90 Å². The topological polar surface area (TPSA) is 26.7 Å². The molecule has 1 heterocycles. The maximum Gasteiger partial charge on any atom is 0.123 e. The van der Waals surface area contributed by atoms with Crippen LogP contribution in [0.15, 0.2) is 18.2 Å². The standard InChI is InChI=1S/C14H21FN2O/c1-10-7-17(8-14(10)16(2)3)13-5-4-12(15)6-11(13)9-18/h4-6,10,14,18H,7-9H2,1-3H3. The summed E-state index contributed by atoms with van der Waals surface area (Å²) >= 11 is 0. The zero-order chi connectivity index (χ0) is 13.3. The third kappa shape index (κ3) is 2.49. The van der Waals surface area contributed by atoms with Crippen LogP contribution in [0.25, 0.3) is 0 Å². The second-order valence-corrected chi connectivity index (χ2v) is 5.34. The number of aliphatic hydroxyl groups is 1. The Morgan fingerprint density at radius 2 is 2.11 bits per heavy atom. The second-order valence-electron chi connectivity index (χ2n) is 5.34. The minimum atomic E-state index is -0.292. The van der Waals surface area contributed by atoms with E-state index >= 15 is 0 Å². The Hall–Kier alpha value is -1.13. The summed E-state index contributed by atoms with van der Waals surface area (Å²) in [5, 5.41) is 9.34. The average molecular weight is 252 g/mol. The molecule has 2 atom stereocenters. The van der Waals surface area contributed by atoms with E-state index in [1.807, 2.05) is 0 Å². The molecule has 0 aromatic heterocycles. The molecule has 1 aliphatic heterocycles. The SMILES string of the molecule is CC1CN(c2ccc(F)cc2CO)CC1N(C)C. The third-order valence-corrected chi connectivity index (χ3v) is 3.79. The number of nitrogens with zero attached hydrogens (tertiary/aromatic N) is 2. The van der Waals surface area contributed by atoms with Gasteiger partial charge in [-0.2, -0.15) is 0 Å². The molecule has 0 spiro atoms. The van der Waals surface area contributed by atoms with Crippen molar-refractivity contribution in [3.8, 4) is 0 Å². The number of halogens is 1. The summed E-state index contributed by atoms with van der Waals surface area (Å²) in [7, 11) is 4.17. The van der Waals surface area contributed by atoms with Crippen LogP contribution in [0, 0.1) is 11.7 Å². The van der Waals surface area contributed by atoms with Crippen LogP contribution >= 0.6 is 0 Å². The van der Waals surface area contributed by atoms with Gasteiger partial charge in [0.2, 0.25) is 0 Å². The minimum absolute atomic E-state index is 0.120. The van der Waals surface area contributed by atoms with Gasteiger partial charge in [-0.25, -0.2) is 4.39 Å². The molecule has 0 saturated carbocycles. The van der Waals surface area contributed by atoms with Crippen molar-refractivity contribution in [2.75, 3.05) is 32.1 Å². The first-order chi connectivity index (χ1) is 8.52. The lowest BCUT2D eigenvalue weighted by atomic mass is 10.1. The molecular weight excluding hydrogens is 231 g/mol. The highest BCUT2D eigenvalue weighted by atomic mass is 19.1. The maximum absolute atomic E-state index is 13.2. The summed E-state index contributed by atoms with van der Waals surface area (Å²) in [5.41, 5.74) is 1.62. The highest BCUT2D eigenvalue weighted by molar-refractivity contribution is 5.54. The molecule has 4 heteroatoms. The molecule has 2 unspecified atom stereocenters. The molecule has 18 heavy (non-hydrogen) atoms. The molecule has 0 bridgehead atoms. The first-order valence-corrected chi connectivity index (χ1v) is 6.33. The molecule has 1 aromatic carbocycles. The molecule has 1 N–H and O–H groups in total. The van der Waals surface area contributed by atoms with Crippen LogP contribution < -0.4 is 4.90 Å². The summed E-state index contributed by atoms with van der Waals surface area (Å²) in [6.07, 6.45) is 0. The van der Waals surface area contributed by atoms with Gasteiger partial charge < -0.3 is 14.9 Å². The van der Waals surface area contributed by atoms with E-state index < -0.39 is 0 Å². The van der Waals surface area contributed by atoms with Crippen molar-refractivity contribution in [3.63, 3.8) is 0 Å². The Morgan fingerprint density at radius 1 is 1.39 bits per heavy atom. The van der Waals surface area contributed by atoms with Gasteiger partial charge in [0.1, 0.15) is 5.82 Å². The van der Waals surface area contributed by atoms with E-state index in [-0.39, 0.29) is 12.4 Å². The first-order valence-electron chi connectivity index (χ1n) is 6.33. The van der Waals surface area contributed by atoms with Crippen molar-refractivity contribution in [2.24, 2.45) is 5.92 Å². The number of aliphatic hydroxyl groups excluding tert-OH is 1. The van der Waals surface area contributed by atoms with E-state index in [1.54, 1.807) is 6.07 Å². The van der Waals surface area contributed by atoms with Gasteiger partial charge in [-0.1, -0.05) is 6.92 Å². The van der Waals surface area contributed by atoms with Crippen LogP contribution in [0.1, 0.15) is 12.5 Å². The number of hydrogen-bond donors (Lipinski definition) is 1. The predicted octanol–water partition coefficient (Wildman–Crippen LogP) is 1.70. The highest BCUT2D eigenvalue weighted by Gasteiger charge is 2.31. The third-order valence-electron chi connectivity index (χ3n) is 3.79. The van der Waals surface area contributed by atoms with Crippen LogP contribution in [-0.4, -0.2) is 43.2 Å². The Bertz CT molecular complexity index is 422. The van der Waals surface area contributed by atoms with Crippen LogP contribution in [-0.2, 0) is 6.61 Å². The van der Waals surface area contributed by atoms with Gasteiger partial charge in [0.05, 0.1) is 6.61 Å². The Kier molecular flexibility index (Phi) is 3.88. The quantitative estimate of drug-likeness (QED) is 0.887. The monoisotopic (exact) mass is 252 g/mol. The van der Waals surface area contributed by atoms with Crippen molar-refractivity contribution in [2.45, 2.75) is 19.6 Å². The van der Waals surface area contributed by atoms with Gasteiger partial charge in [-0.15, -0.1) is 0 Å². The van der Waals surface area contributed by atoms with Gasteiger partial charge in [-0.05, 0) is 38.2 Å². The van der Waals surface area contributed by atoms with Crippen molar-refractivity contribution < 1.29 is 9.50 Å². The molecule has 0 aliphatic carbocycles. The first kappa shape index (κ1) is 13.3. The fraction of sp³-hybridized carbons (Fsp3) is 0.571. The van der Waals surface area contributed by atoms with Gasteiger partial charge >= 0.3 is 0 Å². The van der Waals surface area contributed by atoms with E-state index in [0.717, 1.165) is 18.8 Å². The van der Waals surface area contributed by atoms with E-state index in [2.05, 4.69) is 30.8 Å². The summed E-state index contributed by atoms with van der Waals surface area (Å²) in [4.78, 5) is 4.47. The molecule has 0 radical (unpaired) electrons. The smallest absolute Gasteiger partial charge is 0.123 e. The van der Waals surface area contributed by atoms with E-state index in [4.69, 9.17) is 0 Å². The van der Waals surface area contributed by atoms with E-state index in [0.29, 0.717) is 17.5 Å². The predicted molar refractivity (Wildman–Crippen MR) is 71.2 cm³/mol. The molecular formula is C14H21FN2O. The van der Waals surface area contributed by atoms with E-state index in [9.17, 15) is 9.50 Å². The number of rotatable bonds is 3. The molecule has 0 amide bonds. The lowest BCUT2D eigenvalue weighted by Gasteiger charge is -2.24. The lowest BCUT2D eigenvalue weighted by molar-refractivity contribution is 0.266. The molecule has 3 nitrogen and oxygen atoms in total. The van der Waals surface area contributed by atoms with Crippen LogP contribution in [0.4, 0.5) is 10.1 Å². The Balaban J connectivity index is 2.23. The molecule has 1 saturated heterocycles. The molecule has 2 rings (SSSR count). The van der Waals surface area contributed by atoms with Gasteiger partial charge in [0.15, 0.2) is 0 Å². The summed E-state index contributed by atoms with van der Waals surface area (Å²) in [6.45, 7) is 3.98. The summed E-state index contributed by atoms with van der Waals surface area (Å²) < 4.78 is 13.2. The van der Waals surface area contributed by atoms with Crippen molar-refractivity contribution >= 4 is 5.69 Å². The second kappa shape index (κ2) is 5.24. The fourth-order valence-corrected chi connectivity index (χ4v) is 2.81. The van der Waals surface area contributed by atoms with Gasteiger partial charge in [0, 0.05) is 30.4 Å². The lowest BCUT2D eigenvalue weighted by Crippen LogP contribution is -2.34.